The van der Waals surface area contributed by atoms with Gasteiger partial charge in [0.1, 0.15) is 0 Å². The molecule has 21 heavy (non-hydrogen) atoms. The van der Waals surface area contributed by atoms with Gasteiger partial charge in [0.25, 0.3) is 0 Å². The van der Waals surface area contributed by atoms with E-state index in [1.54, 1.807) is 0 Å². The molecule has 1 amide bonds. The number of carbonyl (C=O) groups is 1. The van der Waals surface area contributed by atoms with Crippen molar-refractivity contribution in [3.05, 3.63) is 65.2 Å². The first-order chi connectivity index (χ1) is 10.0. The molecule has 0 spiro atoms. The maximum Gasteiger partial charge on any atom is 0.220 e. The van der Waals surface area contributed by atoms with E-state index in [1.807, 2.05) is 36.4 Å². The van der Waals surface area contributed by atoms with Crippen molar-refractivity contribution in [2.45, 2.75) is 32.7 Å². The summed E-state index contributed by atoms with van der Waals surface area (Å²) in [5, 5.41) is 2.97. The molecule has 2 aromatic carbocycles. The molecule has 2 aromatic rings. The van der Waals surface area contributed by atoms with E-state index in [2.05, 4.69) is 31.3 Å². The average Bonchev–Trinajstić information content (AvgIpc) is 2.46. The van der Waals surface area contributed by atoms with Gasteiger partial charge in [-0.2, -0.15) is 0 Å². The zero-order chi connectivity index (χ0) is 15.2. The van der Waals surface area contributed by atoms with Crippen molar-refractivity contribution in [2.75, 3.05) is 5.73 Å². The summed E-state index contributed by atoms with van der Waals surface area (Å²) in [4.78, 5) is 12.0. The quantitative estimate of drug-likeness (QED) is 0.826. The fourth-order valence-electron chi connectivity index (χ4n) is 2.32. The molecular formula is C18H22N2O. The number of nitrogens with two attached hydrogens (primary N) is 1. The second kappa shape index (κ2) is 6.93. The van der Waals surface area contributed by atoms with Crippen LogP contribution in [0, 0.1) is 6.92 Å². The number of hydrogen-bond acceptors (Lipinski definition) is 2. The van der Waals surface area contributed by atoms with Crippen LogP contribution in [0.25, 0.3) is 0 Å². The Hall–Kier alpha value is -2.29. The summed E-state index contributed by atoms with van der Waals surface area (Å²) in [5.41, 5.74) is 9.89. The summed E-state index contributed by atoms with van der Waals surface area (Å²) in [6.45, 7) is 4.68. The Bertz CT molecular complexity index is 605. The van der Waals surface area contributed by atoms with Gasteiger partial charge in [0, 0.05) is 18.7 Å². The second-order valence-electron chi connectivity index (χ2n) is 5.54. The van der Waals surface area contributed by atoms with Crippen LogP contribution in [0.4, 0.5) is 5.69 Å². The van der Waals surface area contributed by atoms with Crippen LogP contribution in [-0.2, 0) is 11.3 Å². The summed E-state index contributed by atoms with van der Waals surface area (Å²) >= 11 is 0. The fourth-order valence-corrected chi connectivity index (χ4v) is 2.32. The Kier molecular flexibility index (Phi) is 4.99. The number of aryl methyl sites for hydroxylation is 1. The molecule has 0 aliphatic carbocycles. The minimum Gasteiger partial charge on any atom is -0.399 e. The zero-order valence-corrected chi connectivity index (χ0v) is 12.6. The smallest absolute Gasteiger partial charge is 0.220 e. The summed E-state index contributed by atoms with van der Waals surface area (Å²) < 4.78 is 0. The number of rotatable bonds is 5. The predicted molar refractivity (Wildman–Crippen MR) is 86.9 cm³/mol. The molecule has 0 heterocycles. The third-order valence-electron chi connectivity index (χ3n) is 3.57. The molecule has 0 bridgehead atoms. The van der Waals surface area contributed by atoms with Crippen LogP contribution in [0.3, 0.4) is 0 Å². The maximum atomic E-state index is 12.0. The van der Waals surface area contributed by atoms with Crippen LogP contribution < -0.4 is 11.1 Å². The Balaban J connectivity index is 1.85. The molecule has 0 fully saturated rings. The summed E-state index contributed by atoms with van der Waals surface area (Å²) in [6, 6.07) is 15.9. The topological polar surface area (TPSA) is 55.1 Å². The highest BCUT2D eigenvalue weighted by Gasteiger charge is 2.11. The summed E-state index contributed by atoms with van der Waals surface area (Å²) in [6.07, 6.45) is 0.482. The lowest BCUT2D eigenvalue weighted by molar-refractivity contribution is -0.121. The number of benzene rings is 2. The van der Waals surface area contributed by atoms with Crippen molar-refractivity contribution in [2.24, 2.45) is 0 Å². The lowest BCUT2D eigenvalue weighted by Gasteiger charge is -2.12. The van der Waals surface area contributed by atoms with E-state index in [4.69, 9.17) is 5.73 Å². The average molecular weight is 282 g/mol. The van der Waals surface area contributed by atoms with Crippen molar-refractivity contribution in [1.82, 2.24) is 5.32 Å². The van der Waals surface area contributed by atoms with Crippen molar-refractivity contribution >= 4 is 11.6 Å². The van der Waals surface area contributed by atoms with Crippen LogP contribution >= 0.6 is 0 Å². The molecular weight excluding hydrogens is 260 g/mol. The maximum absolute atomic E-state index is 12.0. The number of amides is 1. The van der Waals surface area contributed by atoms with Gasteiger partial charge >= 0.3 is 0 Å². The number of nitrogen functional groups attached to an aromatic ring is 1. The summed E-state index contributed by atoms with van der Waals surface area (Å²) in [7, 11) is 0. The molecule has 110 valence electrons. The zero-order valence-electron chi connectivity index (χ0n) is 12.6. The van der Waals surface area contributed by atoms with E-state index in [-0.39, 0.29) is 11.8 Å². The van der Waals surface area contributed by atoms with Gasteiger partial charge in [-0.25, -0.2) is 0 Å². The largest absolute Gasteiger partial charge is 0.399 e. The van der Waals surface area contributed by atoms with Crippen LogP contribution in [0.15, 0.2) is 48.5 Å². The molecule has 0 saturated heterocycles. The third kappa shape index (κ3) is 4.63. The van der Waals surface area contributed by atoms with Gasteiger partial charge in [0.15, 0.2) is 0 Å². The van der Waals surface area contributed by atoms with Gasteiger partial charge in [-0.3, -0.25) is 4.79 Å². The predicted octanol–water partition coefficient (Wildman–Crippen LogP) is 3.39. The van der Waals surface area contributed by atoms with Crippen molar-refractivity contribution < 1.29 is 4.79 Å². The Morgan fingerprint density at radius 3 is 2.57 bits per heavy atom. The van der Waals surface area contributed by atoms with E-state index in [1.165, 1.54) is 5.56 Å². The molecule has 3 nitrogen and oxygen atoms in total. The minimum atomic E-state index is 0.0702. The first-order valence-corrected chi connectivity index (χ1v) is 7.22. The van der Waals surface area contributed by atoms with E-state index in [0.29, 0.717) is 13.0 Å². The van der Waals surface area contributed by atoms with Crippen LogP contribution in [-0.4, -0.2) is 5.91 Å². The molecule has 0 aliphatic rings. The van der Waals surface area contributed by atoms with E-state index in [0.717, 1.165) is 16.8 Å². The molecule has 0 aliphatic heterocycles. The number of anilines is 1. The number of hydrogen-bond donors (Lipinski definition) is 2. The third-order valence-corrected chi connectivity index (χ3v) is 3.57. The highest BCUT2D eigenvalue weighted by Crippen LogP contribution is 2.20. The highest BCUT2D eigenvalue weighted by atomic mass is 16.1. The standard InChI is InChI=1S/C18H22N2O/c1-13-4-3-5-15(10-13)12-20-18(21)11-14(2)16-6-8-17(19)9-7-16/h3-10,14H,11-12,19H2,1-2H3,(H,20,21). The molecule has 0 radical (unpaired) electrons. The van der Waals surface area contributed by atoms with Gasteiger partial charge in [-0.05, 0) is 36.1 Å². The van der Waals surface area contributed by atoms with E-state index < -0.39 is 0 Å². The molecule has 1 unspecified atom stereocenters. The van der Waals surface area contributed by atoms with Gasteiger partial charge < -0.3 is 11.1 Å². The van der Waals surface area contributed by atoms with E-state index >= 15 is 0 Å². The number of nitrogens with one attached hydrogen (secondary N) is 1. The molecule has 3 heteroatoms. The molecule has 1 atom stereocenters. The van der Waals surface area contributed by atoms with Crippen molar-refractivity contribution in [1.29, 1.82) is 0 Å². The molecule has 3 N–H and O–H groups in total. The van der Waals surface area contributed by atoms with E-state index in [9.17, 15) is 4.79 Å². The van der Waals surface area contributed by atoms with Gasteiger partial charge in [0.2, 0.25) is 5.91 Å². The molecule has 0 saturated carbocycles. The first-order valence-electron chi connectivity index (χ1n) is 7.22. The monoisotopic (exact) mass is 282 g/mol. The normalized spacial score (nSPS) is 11.9. The minimum absolute atomic E-state index is 0.0702. The summed E-state index contributed by atoms with van der Waals surface area (Å²) in [5.74, 6) is 0.254. The lowest BCUT2D eigenvalue weighted by atomic mass is 9.97. The highest BCUT2D eigenvalue weighted by molar-refractivity contribution is 5.76. The Morgan fingerprint density at radius 2 is 1.90 bits per heavy atom. The first kappa shape index (κ1) is 15.1. The molecule has 0 aromatic heterocycles. The van der Waals surface area contributed by atoms with Gasteiger partial charge in [0.05, 0.1) is 0 Å². The van der Waals surface area contributed by atoms with Crippen LogP contribution in [0.2, 0.25) is 0 Å². The van der Waals surface area contributed by atoms with Crippen molar-refractivity contribution in [3.63, 3.8) is 0 Å². The Morgan fingerprint density at radius 1 is 1.19 bits per heavy atom. The SMILES string of the molecule is Cc1cccc(CNC(=O)CC(C)c2ccc(N)cc2)c1. The van der Waals surface area contributed by atoms with Crippen LogP contribution in [0.1, 0.15) is 36.0 Å². The fraction of sp³-hybridized carbons (Fsp3) is 0.278. The second-order valence-corrected chi connectivity index (χ2v) is 5.54. The van der Waals surface area contributed by atoms with Crippen molar-refractivity contribution in [3.8, 4) is 0 Å². The number of carbonyl (C=O) groups excluding carboxylic acids is 1. The Labute approximate surface area is 126 Å². The van der Waals surface area contributed by atoms with Gasteiger partial charge in [-0.15, -0.1) is 0 Å². The van der Waals surface area contributed by atoms with Crippen LogP contribution in [0.5, 0.6) is 0 Å². The lowest BCUT2D eigenvalue weighted by Crippen LogP contribution is -2.24. The molecule has 2 rings (SSSR count). The van der Waals surface area contributed by atoms with Gasteiger partial charge in [-0.1, -0.05) is 48.9 Å².